The largest absolute Gasteiger partial charge is 0.491 e. The molecule has 34 heavy (non-hydrogen) atoms. The maximum absolute atomic E-state index is 10.2. The van der Waals surface area contributed by atoms with E-state index in [1.807, 2.05) is 54.6 Å². The zero-order valence-electron chi connectivity index (χ0n) is 18.9. The van der Waals surface area contributed by atoms with Crippen LogP contribution < -0.4 is 4.74 Å². The third kappa shape index (κ3) is 5.29. The molecule has 1 saturated heterocycles. The van der Waals surface area contributed by atoms with Crippen LogP contribution in [0.4, 0.5) is 0 Å². The monoisotopic (exact) mass is 480 g/mol. The second-order valence-corrected chi connectivity index (χ2v) is 9.44. The van der Waals surface area contributed by atoms with E-state index >= 15 is 0 Å². The van der Waals surface area contributed by atoms with Gasteiger partial charge >= 0.3 is 0 Å². The standard InChI is InChI=1S/C28H29ClO5/c29-26-10-7-19(27-14-22(31)13-24(15-30)34-27)12-21(26)11-18-5-8-23(9-6-18)32-17-28-25-4-2-1-3-20(25)16-33-28/h1-10,12,22,24,27-28,30-31H,11,13-17H2/t22-,24-,27+,28-/m0/s1. The predicted octanol–water partition coefficient (Wildman–Crippen LogP) is 5.15. The van der Waals surface area contributed by atoms with Crippen molar-refractivity contribution in [1.29, 1.82) is 0 Å². The van der Waals surface area contributed by atoms with E-state index < -0.39 is 6.10 Å². The van der Waals surface area contributed by atoms with E-state index in [0.29, 0.717) is 37.5 Å². The van der Waals surface area contributed by atoms with Gasteiger partial charge < -0.3 is 24.4 Å². The van der Waals surface area contributed by atoms with Gasteiger partial charge in [0.2, 0.25) is 0 Å². The Morgan fingerprint density at radius 2 is 1.82 bits per heavy atom. The summed E-state index contributed by atoms with van der Waals surface area (Å²) in [5.41, 5.74) is 5.51. The Labute approximate surface area is 204 Å². The van der Waals surface area contributed by atoms with Gasteiger partial charge in [-0.05, 0) is 52.4 Å². The van der Waals surface area contributed by atoms with Crippen molar-refractivity contribution in [2.75, 3.05) is 13.2 Å². The van der Waals surface area contributed by atoms with Gasteiger partial charge in [0.05, 0.1) is 31.5 Å². The molecule has 6 heteroatoms. The Hall–Kier alpha value is -2.41. The molecule has 178 valence electrons. The Balaban J connectivity index is 1.22. The first-order valence-corrected chi connectivity index (χ1v) is 12.1. The Kier molecular flexibility index (Phi) is 7.18. The lowest BCUT2D eigenvalue weighted by molar-refractivity contribution is -0.113. The zero-order chi connectivity index (χ0) is 23.5. The minimum atomic E-state index is -0.481. The zero-order valence-corrected chi connectivity index (χ0v) is 19.7. The van der Waals surface area contributed by atoms with Crippen molar-refractivity contribution in [2.24, 2.45) is 0 Å². The highest BCUT2D eigenvalue weighted by Crippen LogP contribution is 2.34. The minimum Gasteiger partial charge on any atom is -0.491 e. The van der Waals surface area contributed by atoms with Crippen molar-refractivity contribution >= 4 is 11.6 Å². The van der Waals surface area contributed by atoms with Gasteiger partial charge in [0, 0.05) is 17.9 Å². The van der Waals surface area contributed by atoms with Crippen LogP contribution in [0.1, 0.15) is 52.9 Å². The lowest BCUT2D eigenvalue weighted by Crippen LogP contribution is -2.33. The fraction of sp³-hybridized carbons (Fsp3) is 0.357. The number of aliphatic hydroxyl groups is 2. The average molecular weight is 481 g/mol. The van der Waals surface area contributed by atoms with E-state index in [1.54, 1.807) is 0 Å². The fourth-order valence-electron chi connectivity index (χ4n) is 4.75. The van der Waals surface area contributed by atoms with Crippen LogP contribution in [0.25, 0.3) is 0 Å². The number of rotatable bonds is 7. The SMILES string of the molecule is OC[C@@H]1C[C@H](O)C[C@H](c2ccc(Cl)c(Cc3ccc(OC[C@@H]4OCc5ccccc54)cc3)c2)O1. The smallest absolute Gasteiger partial charge is 0.119 e. The summed E-state index contributed by atoms with van der Waals surface area (Å²) in [4.78, 5) is 0. The van der Waals surface area contributed by atoms with Crippen LogP contribution in [0.15, 0.2) is 66.7 Å². The number of benzene rings is 3. The summed E-state index contributed by atoms with van der Waals surface area (Å²) in [6, 6.07) is 22.1. The van der Waals surface area contributed by atoms with E-state index in [2.05, 4.69) is 12.1 Å². The summed E-state index contributed by atoms with van der Waals surface area (Å²) in [7, 11) is 0. The van der Waals surface area contributed by atoms with Crippen LogP contribution in [0.5, 0.6) is 5.75 Å². The molecule has 1 fully saturated rings. The Bertz CT molecular complexity index is 1120. The first-order valence-electron chi connectivity index (χ1n) is 11.7. The second kappa shape index (κ2) is 10.5. The molecule has 5 rings (SSSR count). The molecule has 0 aromatic heterocycles. The van der Waals surface area contributed by atoms with Gasteiger partial charge in [-0.2, -0.15) is 0 Å². The number of hydrogen-bond acceptors (Lipinski definition) is 5. The van der Waals surface area contributed by atoms with Crippen molar-refractivity contribution in [2.45, 2.75) is 50.3 Å². The molecule has 0 aliphatic carbocycles. The lowest BCUT2D eigenvalue weighted by Gasteiger charge is -2.32. The molecule has 0 bridgehead atoms. The van der Waals surface area contributed by atoms with Crippen LogP contribution >= 0.6 is 11.6 Å². The second-order valence-electron chi connectivity index (χ2n) is 9.04. The Morgan fingerprint density at radius 3 is 2.65 bits per heavy atom. The molecule has 0 unspecified atom stereocenters. The molecule has 2 aliphatic rings. The van der Waals surface area contributed by atoms with E-state index in [0.717, 1.165) is 22.4 Å². The number of halogens is 1. The maximum Gasteiger partial charge on any atom is 0.119 e. The van der Waals surface area contributed by atoms with Crippen LogP contribution in [-0.4, -0.2) is 35.6 Å². The molecule has 2 N–H and O–H groups in total. The lowest BCUT2D eigenvalue weighted by atomic mass is 9.94. The first kappa shape index (κ1) is 23.3. The van der Waals surface area contributed by atoms with Crippen molar-refractivity contribution in [1.82, 2.24) is 0 Å². The van der Waals surface area contributed by atoms with E-state index in [1.165, 1.54) is 11.1 Å². The molecule has 2 aliphatic heterocycles. The highest BCUT2D eigenvalue weighted by Gasteiger charge is 2.29. The Morgan fingerprint density at radius 1 is 1.00 bits per heavy atom. The summed E-state index contributed by atoms with van der Waals surface area (Å²) in [5, 5.41) is 20.3. The minimum absolute atomic E-state index is 0.0385. The molecule has 5 nitrogen and oxygen atoms in total. The van der Waals surface area contributed by atoms with Gasteiger partial charge in [-0.1, -0.05) is 60.1 Å². The molecule has 0 radical (unpaired) electrons. The highest BCUT2D eigenvalue weighted by molar-refractivity contribution is 6.31. The number of fused-ring (bicyclic) bond motifs is 1. The third-order valence-electron chi connectivity index (χ3n) is 6.58. The van der Waals surface area contributed by atoms with Crippen molar-refractivity contribution in [3.8, 4) is 5.75 Å². The maximum atomic E-state index is 10.2. The fourth-order valence-corrected chi connectivity index (χ4v) is 4.93. The van der Waals surface area contributed by atoms with E-state index in [9.17, 15) is 10.2 Å². The third-order valence-corrected chi connectivity index (χ3v) is 6.95. The molecule has 4 atom stereocenters. The van der Waals surface area contributed by atoms with Crippen LogP contribution in [-0.2, 0) is 22.5 Å². The molecule has 0 saturated carbocycles. The van der Waals surface area contributed by atoms with Gasteiger partial charge in [0.1, 0.15) is 18.5 Å². The number of ether oxygens (including phenoxy) is 3. The summed E-state index contributed by atoms with van der Waals surface area (Å²) >= 11 is 6.50. The average Bonchev–Trinajstić information content (AvgIpc) is 3.27. The van der Waals surface area contributed by atoms with E-state index in [-0.39, 0.29) is 24.9 Å². The summed E-state index contributed by atoms with van der Waals surface area (Å²) in [6.45, 7) is 1.02. The quantitative estimate of drug-likeness (QED) is 0.489. The summed E-state index contributed by atoms with van der Waals surface area (Å²) in [6.07, 6.45) is 0.526. The van der Waals surface area contributed by atoms with Gasteiger partial charge in [0.15, 0.2) is 0 Å². The van der Waals surface area contributed by atoms with Crippen LogP contribution in [0.3, 0.4) is 0 Å². The summed E-state index contributed by atoms with van der Waals surface area (Å²) < 4.78 is 17.8. The van der Waals surface area contributed by atoms with Crippen molar-refractivity contribution in [3.05, 3.63) is 99.6 Å². The predicted molar refractivity (Wildman–Crippen MR) is 130 cm³/mol. The molecule has 2 heterocycles. The topological polar surface area (TPSA) is 68.2 Å². The van der Waals surface area contributed by atoms with Crippen LogP contribution in [0.2, 0.25) is 5.02 Å². The molecule has 0 spiro atoms. The number of aliphatic hydroxyl groups excluding tert-OH is 2. The van der Waals surface area contributed by atoms with E-state index in [4.69, 9.17) is 25.8 Å². The van der Waals surface area contributed by atoms with Gasteiger partial charge in [-0.15, -0.1) is 0 Å². The molecular formula is C28H29ClO5. The summed E-state index contributed by atoms with van der Waals surface area (Å²) in [5.74, 6) is 0.802. The van der Waals surface area contributed by atoms with Crippen molar-refractivity contribution in [3.63, 3.8) is 0 Å². The van der Waals surface area contributed by atoms with Gasteiger partial charge in [-0.25, -0.2) is 0 Å². The molecule has 3 aromatic rings. The number of hydrogen-bond donors (Lipinski definition) is 2. The highest BCUT2D eigenvalue weighted by atomic mass is 35.5. The molecule has 0 amide bonds. The van der Waals surface area contributed by atoms with Crippen LogP contribution in [0, 0.1) is 0 Å². The van der Waals surface area contributed by atoms with Gasteiger partial charge in [0.25, 0.3) is 0 Å². The van der Waals surface area contributed by atoms with Crippen molar-refractivity contribution < 1.29 is 24.4 Å². The first-order chi connectivity index (χ1) is 16.6. The van der Waals surface area contributed by atoms with Gasteiger partial charge in [-0.3, -0.25) is 0 Å². The molecular weight excluding hydrogens is 452 g/mol. The molecule has 3 aromatic carbocycles. The normalized spacial score (nSPS) is 24.1.